The smallest absolute Gasteiger partial charge is 0.337 e. The zero-order valence-corrected chi connectivity index (χ0v) is 11.1. The summed E-state index contributed by atoms with van der Waals surface area (Å²) in [5.41, 5.74) is -0.778. The highest BCUT2D eigenvalue weighted by Crippen LogP contribution is 2.21. The highest BCUT2D eigenvalue weighted by atomic mass is 32.2. The Morgan fingerprint density at radius 2 is 2.00 bits per heavy atom. The third-order valence-corrected chi connectivity index (χ3v) is 3.97. The fraction of sp³-hybridized carbons (Fsp3) is 0.333. The minimum atomic E-state index is -1.45. The number of rotatable bonds is 3. The lowest BCUT2D eigenvalue weighted by molar-refractivity contribution is 0.0697. The molecule has 0 radical (unpaired) electrons. The fourth-order valence-corrected chi connectivity index (χ4v) is 2.97. The summed E-state index contributed by atoms with van der Waals surface area (Å²) < 4.78 is 26.2. The maximum Gasteiger partial charge on any atom is 0.337 e. The Morgan fingerprint density at radius 3 is 2.60 bits per heavy atom. The third kappa shape index (κ3) is 3.38. The number of carbonyl (C=O) groups excluding carboxylic acids is 1. The molecule has 1 unspecified atom stereocenters. The van der Waals surface area contributed by atoms with Gasteiger partial charge >= 0.3 is 12.0 Å². The molecule has 0 aromatic heterocycles. The van der Waals surface area contributed by atoms with E-state index >= 15 is 0 Å². The van der Waals surface area contributed by atoms with Gasteiger partial charge in [-0.05, 0) is 18.2 Å². The van der Waals surface area contributed by atoms with Crippen LogP contribution in [0.2, 0.25) is 0 Å². The predicted molar refractivity (Wildman–Crippen MR) is 71.2 cm³/mol. The monoisotopic (exact) mass is 302 g/mol. The second-order valence-corrected chi connectivity index (χ2v) is 5.43. The molecule has 1 aromatic carbocycles. The predicted octanol–water partition coefficient (Wildman–Crippen LogP) is 2.29. The second-order valence-electron chi connectivity index (χ2n) is 4.28. The first-order chi connectivity index (χ1) is 9.47. The zero-order chi connectivity index (χ0) is 14.7. The van der Waals surface area contributed by atoms with E-state index in [0.717, 1.165) is 17.9 Å². The van der Waals surface area contributed by atoms with Gasteiger partial charge in [0, 0.05) is 17.9 Å². The summed E-state index contributed by atoms with van der Waals surface area (Å²) in [6.07, 6.45) is 0.821. The van der Waals surface area contributed by atoms with Crippen molar-refractivity contribution in [1.82, 2.24) is 5.32 Å². The summed E-state index contributed by atoms with van der Waals surface area (Å²) in [6, 6.07) is 0.560. The van der Waals surface area contributed by atoms with Crippen LogP contribution < -0.4 is 10.6 Å². The third-order valence-electron chi connectivity index (χ3n) is 2.80. The van der Waals surface area contributed by atoms with Crippen molar-refractivity contribution >= 4 is 29.4 Å². The summed E-state index contributed by atoms with van der Waals surface area (Å²) in [7, 11) is 0. The van der Waals surface area contributed by atoms with Gasteiger partial charge in [-0.2, -0.15) is 11.8 Å². The van der Waals surface area contributed by atoms with Gasteiger partial charge in [-0.25, -0.2) is 18.4 Å². The number of benzene rings is 1. The van der Waals surface area contributed by atoms with Gasteiger partial charge in [-0.15, -0.1) is 0 Å². The van der Waals surface area contributed by atoms with E-state index in [4.69, 9.17) is 5.11 Å². The summed E-state index contributed by atoms with van der Waals surface area (Å²) in [6.45, 7) is 0. The van der Waals surface area contributed by atoms with Crippen molar-refractivity contribution in [3.63, 3.8) is 0 Å². The Morgan fingerprint density at radius 1 is 1.30 bits per heavy atom. The number of anilines is 1. The average molecular weight is 302 g/mol. The van der Waals surface area contributed by atoms with Gasteiger partial charge in [0.2, 0.25) is 0 Å². The SMILES string of the molecule is O=C(Nc1cc(F)c(F)cc1C(=O)O)NC1CCSC1. The average Bonchev–Trinajstić information content (AvgIpc) is 2.85. The van der Waals surface area contributed by atoms with Crippen LogP contribution in [-0.4, -0.2) is 34.7 Å². The fourth-order valence-electron chi connectivity index (χ4n) is 1.82. The summed E-state index contributed by atoms with van der Waals surface area (Å²) in [5, 5.41) is 13.8. The number of urea groups is 1. The molecule has 0 saturated carbocycles. The molecule has 1 fully saturated rings. The Kier molecular flexibility index (Phi) is 4.43. The van der Waals surface area contributed by atoms with Gasteiger partial charge in [0.1, 0.15) is 0 Å². The maximum absolute atomic E-state index is 13.1. The minimum Gasteiger partial charge on any atom is -0.478 e. The molecule has 1 aliphatic heterocycles. The van der Waals surface area contributed by atoms with Gasteiger partial charge in [0.15, 0.2) is 11.6 Å². The molecule has 3 N–H and O–H groups in total. The lowest BCUT2D eigenvalue weighted by Crippen LogP contribution is -2.38. The van der Waals surface area contributed by atoms with Gasteiger partial charge in [0.05, 0.1) is 11.3 Å². The highest BCUT2D eigenvalue weighted by molar-refractivity contribution is 7.99. The maximum atomic E-state index is 13.1. The normalized spacial score (nSPS) is 17.8. The van der Waals surface area contributed by atoms with Crippen molar-refractivity contribution in [2.75, 3.05) is 16.8 Å². The molecule has 1 heterocycles. The number of aromatic carboxylic acids is 1. The molecule has 1 saturated heterocycles. The first kappa shape index (κ1) is 14.6. The van der Waals surface area contributed by atoms with Crippen molar-refractivity contribution in [2.24, 2.45) is 0 Å². The Bertz CT molecular complexity index is 548. The van der Waals surface area contributed by atoms with Gasteiger partial charge < -0.3 is 15.7 Å². The molecule has 5 nitrogen and oxygen atoms in total. The number of thioether (sulfide) groups is 1. The molecule has 1 aromatic rings. The Hall–Kier alpha value is -1.83. The van der Waals surface area contributed by atoms with E-state index in [-0.39, 0.29) is 11.7 Å². The second kappa shape index (κ2) is 6.08. The van der Waals surface area contributed by atoms with Crippen LogP contribution in [0.1, 0.15) is 16.8 Å². The molecule has 20 heavy (non-hydrogen) atoms. The molecule has 108 valence electrons. The van der Waals surface area contributed by atoms with Crippen molar-refractivity contribution in [3.05, 3.63) is 29.3 Å². The molecule has 1 atom stereocenters. The van der Waals surface area contributed by atoms with Crippen molar-refractivity contribution in [3.8, 4) is 0 Å². The molecule has 2 rings (SSSR count). The molecule has 8 heteroatoms. The van der Waals surface area contributed by atoms with Gasteiger partial charge in [-0.1, -0.05) is 0 Å². The standard InChI is InChI=1S/C12H12F2N2O3S/c13-8-3-7(11(17)18)10(4-9(8)14)16-12(19)15-6-1-2-20-5-6/h3-4,6H,1-2,5H2,(H,17,18)(H2,15,16,19). The Labute approximate surface area is 117 Å². The topological polar surface area (TPSA) is 78.4 Å². The van der Waals surface area contributed by atoms with Gasteiger partial charge in [0.25, 0.3) is 0 Å². The zero-order valence-electron chi connectivity index (χ0n) is 10.3. The number of carboxylic acid groups (broad SMARTS) is 1. The van der Waals surface area contributed by atoms with Crippen LogP contribution in [0, 0.1) is 11.6 Å². The van der Waals surface area contributed by atoms with Crippen molar-refractivity contribution in [2.45, 2.75) is 12.5 Å². The largest absolute Gasteiger partial charge is 0.478 e. The van der Waals surface area contributed by atoms with E-state index in [1.54, 1.807) is 11.8 Å². The van der Waals surface area contributed by atoms with E-state index < -0.39 is 29.2 Å². The number of hydrogen-bond donors (Lipinski definition) is 3. The van der Waals surface area contributed by atoms with E-state index in [1.165, 1.54) is 0 Å². The number of hydrogen-bond acceptors (Lipinski definition) is 3. The van der Waals surface area contributed by atoms with Crippen molar-refractivity contribution in [1.29, 1.82) is 0 Å². The van der Waals surface area contributed by atoms with Crippen LogP contribution in [0.3, 0.4) is 0 Å². The van der Waals surface area contributed by atoms with Crippen LogP contribution in [0.4, 0.5) is 19.3 Å². The van der Waals surface area contributed by atoms with E-state index in [2.05, 4.69) is 10.6 Å². The quantitative estimate of drug-likeness (QED) is 0.800. The van der Waals surface area contributed by atoms with Crippen molar-refractivity contribution < 1.29 is 23.5 Å². The summed E-state index contributed by atoms with van der Waals surface area (Å²) >= 11 is 1.70. The number of nitrogens with one attached hydrogen (secondary N) is 2. The van der Waals surface area contributed by atoms with E-state index in [1.807, 2.05) is 0 Å². The first-order valence-corrected chi connectivity index (χ1v) is 7.00. The highest BCUT2D eigenvalue weighted by Gasteiger charge is 2.20. The van der Waals surface area contributed by atoms with Crippen LogP contribution in [0.15, 0.2) is 12.1 Å². The summed E-state index contributed by atoms with van der Waals surface area (Å²) in [4.78, 5) is 22.6. The molecular formula is C12H12F2N2O3S. The first-order valence-electron chi connectivity index (χ1n) is 5.85. The molecular weight excluding hydrogens is 290 g/mol. The number of carboxylic acids is 1. The van der Waals surface area contributed by atoms with Crippen LogP contribution in [-0.2, 0) is 0 Å². The Balaban J connectivity index is 2.13. The lowest BCUT2D eigenvalue weighted by atomic mass is 10.1. The minimum absolute atomic E-state index is 0.00132. The molecule has 0 aliphatic carbocycles. The van der Waals surface area contributed by atoms with Crippen LogP contribution in [0.5, 0.6) is 0 Å². The van der Waals surface area contributed by atoms with E-state index in [0.29, 0.717) is 12.1 Å². The molecule has 2 amide bonds. The van der Waals surface area contributed by atoms with Gasteiger partial charge in [-0.3, -0.25) is 0 Å². The summed E-state index contributed by atoms with van der Waals surface area (Å²) in [5.74, 6) is -2.23. The van der Waals surface area contributed by atoms with E-state index in [9.17, 15) is 18.4 Å². The van der Waals surface area contributed by atoms with Crippen LogP contribution in [0.25, 0.3) is 0 Å². The molecule has 0 bridgehead atoms. The lowest BCUT2D eigenvalue weighted by Gasteiger charge is -2.14. The molecule has 0 spiro atoms. The molecule has 1 aliphatic rings. The number of halogens is 2. The number of amides is 2. The number of carbonyl (C=O) groups is 2. The van der Waals surface area contributed by atoms with Crippen LogP contribution >= 0.6 is 11.8 Å².